The van der Waals surface area contributed by atoms with Gasteiger partial charge in [0.1, 0.15) is 11.5 Å². The topological polar surface area (TPSA) is 21.7 Å². The molecule has 2 aliphatic rings. The van der Waals surface area contributed by atoms with Crippen LogP contribution < -0.4 is 9.47 Å². The third-order valence-corrected chi connectivity index (χ3v) is 5.71. The first-order chi connectivity index (χ1) is 12.8. The second kappa shape index (κ2) is 7.55. The third-order valence-electron chi connectivity index (χ3n) is 5.71. The lowest BCUT2D eigenvalue weighted by molar-refractivity contribution is 0.0951. The van der Waals surface area contributed by atoms with E-state index in [1.807, 2.05) is 6.07 Å². The zero-order chi connectivity index (χ0) is 17.9. The summed E-state index contributed by atoms with van der Waals surface area (Å²) in [4.78, 5) is 2.69. The van der Waals surface area contributed by atoms with Crippen LogP contribution in [0.4, 0.5) is 0 Å². The van der Waals surface area contributed by atoms with Gasteiger partial charge in [-0.05, 0) is 48.1 Å². The van der Waals surface area contributed by atoms with Crippen molar-refractivity contribution in [2.24, 2.45) is 0 Å². The second-order valence-corrected chi connectivity index (χ2v) is 7.31. The van der Waals surface area contributed by atoms with Crippen LogP contribution in [0.5, 0.6) is 11.5 Å². The molecule has 4 rings (SSSR count). The number of ether oxygens (including phenoxy) is 2. The quantitative estimate of drug-likeness (QED) is 0.765. The molecule has 3 heteroatoms. The molecule has 26 heavy (non-hydrogen) atoms. The van der Waals surface area contributed by atoms with Gasteiger partial charge < -0.3 is 9.47 Å². The van der Waals surface area contributed by atoms with Crippen molar-refractivity contribution in [3.63, 3.8) is 0 Å². The number of fused-ring (bicyclic) bond motifs is 2. The van der Waals surface area contributed by atoms with E-state index in [0.717, 1.165) is 24.5 Å². The van der Waals surface area contributed by atoms with Crippen LogP contribution in [0.25, 0.3) is 5.57 Å². The van der Waals surface area contributed by atoms with Crippen LogP contribution in [0, 0.1) is 0 Å². The molecule has 0 aliphatic carbocycles. The van der Waals surface area contributed by atoms with E-state index in [1.165, 1.54) is 36.0 Å². The molecule has 0 aromatic heterocycles. The lowest BCUT2D eigenvalue weighted by Crippen LogP contribution is -2.47. The van der Waals surface area contributed by atoms with Crippen LogP contribution in [0.3, 0.4) is 0 Å². The predicted octanol–water partition coefficient (Wildman–Crippen LogP) is 4.91. The highest BCUT2D eigenvalue weighted by Crippen LogP contribution is 2.39. The fourth-order valence-corrected chi connectivity index (χ4v) is 4.37. The first-order valence-electron chi connectivity index (χ1n) is 9.50. The molecule has 0 saturated carbocycles. The van der Waals surface area contributed by atoms with Gasteiger partial charge in [-0.25, -0.2) is 0 Å². The Morgan fingerprint density at radius 3 is 2.35 bits per heavy atom. The zero-order valence-electron chi connectivity index (χ0n) is 15.7. The molecule has 2 aliphatic heterocycles. The van der Waals surface area contributed by atoms with E-state index in [0.29, 0.717) is 12.1 Å². The van der Waals surface area contributed by atoms with Crippen LogP contribution in [0.1, 0.15) is 36.8 Å². The molecule has 1 fully saturated rings. The summed E-state index contributed by atoms with van der Waals surface area (Å²) in [6, 6.07) is 18.2. The minimum atomic E-state index is 0.523. The highest BCUT2D eigenvalue weighted by Gasteiger charge is 2.34. The van der Waals surface area contributed by atoms with Crippen LogP contribution in [0.2, 0.25) is 0 Å². The third kappa shape index (κ3) is 3.49. The lowest BCUT2D eigenvalue weighted by Gasteiger charge is -2.45. The number of hydrogen-bond donors (Lipinski definition) is 0. The molecule has 0 radical (unpaired) electrons. The van der Waals surface area contributed by atoms with Crippen molar-refractivity contribution >= 4 is 5.57 Å². The minimum Gasteiger partial charge on any atom is -0.497 e. The van der Waals surface area contributed by atoms with Crippen molar-refractivity contribution in [3.8, 4) is 11.5 Å². The highest BCUT2D eigenvalue weighted by molar-refractivity contribution is 5.70. The molecule has 2 aromatic rings. The van der Waals surface area contributed by atoms with Crippen molar-refractivity contribution in [3.05, 3.63) is 65.7 Å². The standard InChI is InChI=1S/C23H27NO2/c1-25-22-13-19(14-23(15-22)26-2)18-11-20-9-6-10-21(12-18)24(20)16-17-7-4-3-5-8-17/h3-5,7-8,11,13-15,20-21H,6,9-10,12,16H2,1-2H3. The first-order valence-corrected chi connectivity index (χ1v) is 9.50. The maximum absolute atomic E-state index is 5.46. The zero-order valence-corrected chi connectivity index (χ0v) is 15.7. The number of nitrogens with zero attached hydrogens (tertiary/aromatic N) is 1. The van der Waals surface area contributed by atoms with Gasteiger partial charge in [-0.2, -0.15) is 0 Å². The summed E-state index contributed by atoms with van der Waals surface area (Å²) < 4.78 is 10.9. The largest absolute Gasteiger partial charge is 0.497 e. The molecule has 2 atom stereocenters. The smallest absolute Gasteiger partial charge is 0.123 e. The van der Waals surface area contributed by atoms with E-state index in [4.69, 9.17) is 9.47 Å². The highest BCUT2D eigenvalue weighted by atomic mass is 16.5. The van der Waals surface area contributed by atoms with E-state index in [2.05, 4.69) is 53.4 Å². The average Bonchev–Trinajstić information content (AvgIpc) is 2.68. The van der Waals surface area contributed by atoms with Gasteiger partial charge in [0.25, 0.3) is 0 Å². The van der Waals surface area contributed by atoms with E-state index < -0.39 is 0 Å². The van der Waals surface area contributed by atoms with E-state index in [1.54, 1.807) is 14.2 Å². The van der Waals surface area contributed by atoms with Gasteiger partial charge in [0.05, 0.1) is 14.2 Å². The van der Waals surface area contributed by atoms with Crippen molar-refractivity contribution in [2.45, 2.75) is 44.3 Å². The molecule has 0 N–H and O–H groups in total. The summed E-state index contributed by atoms with van der Waals surface area (Å²) in [7, 11) is 3.42. The van der Waals surface area contributed by atoms with Gasteiger partial charge in [-0.1, -0.05) is 42.8 Å². The Hall–Kier alpha value is -2.26. The van der Waals surface area contributed by atoms with Crippen molar-refractivity contribution in [1.29, 1.82) is 0 Å². The summed E-state index contributed by atoms with van der Waals surface area (Å²) in [6.07, 6.45) is 7.42. The Morgan fingerprint density at radius 2 is 1.69 bits per heavy atom. The first kappa shape index (κ1) is 17.2. The molecule has 3 nitrogen and oxygen atoms in total. The molecular formula is C23H27NO2. The van der Waals surface area contributed by atoms with Crippen molar-refractivity contribution in [2.75, 3.05) is 14.2 Å². The van der Waals surface area contributed by atoms with Crippen molar-refractivity contribution in [1.82, 2.24) is 4.90 Å². The SMILES string of the molecule is COc1cc(OC)cc(C2=CC3CCCC(C2)N3Cc2ccccc2)c1. The molecule has 1 saturated heterocycles. The number of benzene rings is 2. The summed E-state index contributed by atoms with van der Waals surface area (Å²) in [5.74, 6) is 1.72. The molecule has 2 aromatic carbocycles. The monoisotopic (exact) mass is 349 g/mol. The molecule has 136 valence electrons. The fourth-order valence-electron chi connectivity index (χ4n) is 4.37. The molecule has 2 heterocycles. The van der Waals surface area contributed by atoms with E-state index >= 15 is 0 Å². The molecular weight excluding hydrogens is 322 g/mol. The van der Waals surface area contributed by atoms with Crippen molar-refractivity contribution < 1.29 is 9.47 Å². The summed E-state index contributed by atoms with van der Waals surface area (Å²) >= 11 is 0. The van der Waals surface area contributed by atoms with Crippen LogP contribution in [-0.4, -0.2) is 31.2 Å². The Kier molecular flexibility index (Phi) is 4.98. The number of piperidine rings is 1. The van der Waals surface area contributed by atoms with E-state index in [9.17, 15) is 0 Å². The van der Waals surface area contributed by atoms with Gasteiger partial charge in [0, 0.05) is 24.7 Å². The molecule has 0 amide bonds. The van der Waals surface area contributed by atoms with Crippen LogP contribution >= 0.6 is 0 Å². The Morgan fingerprint density at radius 1 is 0.962 bits per heavy atom. The second-order valence-electron chi connectivity index (χ2n) is 7.31. The summed E-state index contributed by atoms with van der Waals surface area (Å²) in [5.41, 5.74) is 4.07. The van der Waals surface area contributed by atoms with Gasteiger partial charge in [0.2, 0.25) is 0 Å². The molecule has 0 spiro atoms. The van der Waals surface area contributed by atoms with E-state index in [-0.39, 0.29) is 0 Å². The minimum absolute atomic E-state index is 0.523. The molecule has 2 bridgehead atoms. The summed E-state index contributed by atoms with van der Waals surface area (Å²) in [5, 5.41) is 0. The Balaban J connectivity index is 1.62. The Labute approximate surface area is 156 Å². The lowest BCUT2D eigenvalue weighted by atomic mass is 9.82. The summed E-state index contributed by atoms with van der Waals surface area (Å²) in [6.45, 7) is 1.04. The van der Waals surface area contributed by atoms with Gasteiger partial charge in [-0.3, -0.25) is 4.90 Å². The van der Waals surface area contributed by atoms with Gasteiger partial charge >= 0.3 is 0 Å². The fraction of sp³-hybridized carbons (Fsp3) is 0.391. The number of hydrogen-bond acceptors (Lipinski definition) is 3. The van der Waals surface area contributed by atoms with Gasteiger partial charge in [-0.15, -0.1) is 0 Å². The normalized spacial score (nSPS) is 22.6. The maximum atomic E-state index is 5.46. The van der Waals surface area contributed by atoms with Crippen LogP contribution in [-0.2, 0) is 6.54 Å². The number of methoxy groups -OCH3 is 2. The molecule has 2 unspecified atom stereocenters. The van der Waals surface area contributed by atoms with Gasteiger partial charge in [0.15, 0.2) is 0 Å². The predicted molar refractivity (Wildman–Crippen MR) is 106 cm³/mol. The maximum Gasteiger partial charge on any atom is 0.123 e. The van der Waals surface area contributed by atoms with Crippen LogP contribution in [0.15, 0.2) is 54.6 Å². The average molecular weight is 349 g/mol. The Bertz CT molecular complexity index is 762. The number of rotatable bonds is 5.